The summed E-state index contributed by atoms with van der Waals surface area (Å²) in [6.45, 7) is 17.9. The summed E-state index contributed by atoms with van der Waals surface area (Å²) in [5, 5.41) is 0. The number of rotatable bonds is 7. The molecule has 3 aliphatic carbocycles. The summed E-state index contributed by atoms with van der Waals surface area (Å²) >= 11 is 0. The highest BCUT2D eigenvalue weighted by atomic mass is 16.6. The van der Waals surface area contributed by atoms with Crippen LogP contribution in [-0.2, 0) is 4.74 Å². The molecular formula is C33H52O. The lowest BCUT2D eigenvalue weighted by Crippen LogP contribution is -2.35. The van der Waals surface area contributed by atoms with E-state index in [1.807, 2.05) is 0 Å². The minimum absolute atomic E-state index is 0.219. The number of ether oxygens (including phenoxy) is 1. The molecule has 1 saturated heterocycles. The number of fused-ring (bicyclic) bond motifs is 1. The Morgan fingerprint density at radius 1 is 1.06 bits per heavy atom. The van der Waals surface area contributed by atoms with E-state index in [1.54, 1.807) is 11.1 Å². The normalized spacial score (nSPS) is 40.4. The lowest BCUT2D eigenvalue weighted by atomic mass is 9.61. The minimum atomic E-state index is 0.219. The van der Waals surface area contributed by atoms with E-state index in [4.69, 9.17) is 4.74 Å². The largest absolute Gasteiger partial charge is 0.369 e. The first-order valence-electron chi connectivity index (χ1n) is 14.6. The molecule has 190 valence electrons. The third-order valence-corrected chi connectivity index (χ3v) is 11.1. The van der Waals surface area contributed by atoms with Crippen LogP contribution in [0, 0.1) is 40.4 Å². The van der Waals surface area contributed by atoms with Crippen molar-refractivity contribution < 1.29 is 4.74 Å². The predicted molar refractivity (Wildman–Crippen MR) is 147 cm³/mol. The average molecular weight is 465 g/mol. The highest BCUT2D eigenvalue weighted by Gasteiger charge is 2.55. The molecule has 0 amide bonds. The molecule has 0 radical (unpaired) electrons. The molecule has 0 bridgehead atoms. The molecule has 1 spiro atoms. The Hall–Kier alpha value is -1.08. The zero-order chi connectivity index (χ0) is 24.6. The van der Waals surface area contributed by atoms with E-state index in [9.17, 15) is 0 Å². The van der Waals surface area contributed by atoms with Crippen molar-refractivity contribution in [1.29, 1.82) is 0 Å². The van der Waals surface area contributed by atoms with Crippen LogP contribution >= 0.6 is 0 Å². The molecule has 3 saturated carbocycles. The summed E-state index contributed by atoms with van der Waals surface area (Å²) in [4.78, 5) is 0. The van der Waals surface area contributed by atoms with Gasteiger partial charge in [0, 0.05) is 0 Å². The maximum atomic E-state index is 5.92. The fraction of sp³-hybridized carbons (Fsp3) is 0.758. The molecule has 34 heavy (non-hydrogen) atoms. The van der Waals surface area contributed by atoms with Crippen LogP contribution in [0.1, 0.15) is 106 Å². The lowest BCUT2D eigenvalue weighted by molar-refractivity contribution is 0.112. The van der Waals surface area contributed by atoms with Crippen molar-refractivity contribution in [3.63, 3.8) is 0 Å². The SMILES string of the molecule is CCC(C)(/C=C/C=C/[C@@H](C)C1CCC2/C(=C/C=C3C[C@@H](C)C4(CO4)[C@H](C)C3)CCCC21C)CC. The molecule has 0 aromatic rings. The van der Waals surface area contributed by atoms with Crippen LogP contribution in [-0.4, -0.2) is 12.2 Å². The van der Waals surface area contributed by atoms with Gasteiger partial charge in [0.05, 0.1) is 12.2 Å². The molecule has 4 aliphatic rings. The van der Waals surface area contributed by atoms with Crippen LogP contribution < -0.4 is 0 Å². The molecule has 0 aromatic carbocycles. The molecule has 1 heteroatoms. The monoisotopic (exact) mass is 464 g/mol. The molecule has 0 N–H and O–H groups in total. The molecular weight excluding hydrogens is 412 g/mol. The van der Waals surface area contributed by atoms with Crippen LogP contribution in [0.2, 0.25) is 0 Å². The summed E-state index contributed by atoms with van der Waals surface area (Å²) < 4.78 is 5.92. The van der Waals surface area contributed by atoms with Crippen LogP contribution in [0.5, 0.6) is 0 Å². The first-order valence-corrected chi connectivity index (χ1v) is 14.6. The number of epoxide rings is 1. The van der Waals surface area contributed by atoms with E-state index in [2.05, 4.69) is 84.9 Å². The fourth-order valence-electron chi connectivity index (χ4n) is 8.00. The average Bonchev–Trinajstić information content (AvgIpc) is 3.55. The van der Waals surface area contributed by atoms with Crippen molar-refractivity contribution in [2.24, 2.45) is 40.4 Å². The van der Waals surface area contributed by atoms with Gasteiger partial charge in [-0.25, -0.2) is 0 Å². The molecule has 4 fully saturated rings. The van der Waals surface area contributed by atoms with Crippen LogP contribution in [0.15, 0.2) is 47.6 Å². The Labute approximate surface area is 211 Å². The Balaban J connectivity index is 1.42. The first kappa shape index (κ1) is 26.0. The summed E-state index contributed by atoms with van der Waals surface area (Å²) in [5.41, 5.74) is 4.44. The highest BCUT2D eigenvalue weighted by Crippen LogP contribution is 2.59. The fourth-order valence-corrected chi connectivity index (χ4v) is 8.00. The zero-order valence-corrected chi connectivity index (χ0v) is 23.3. The molecule has 3 unspecified atom stereocenters. The van der Waals surface area contributed by atoms with Crippen LogP contribution in [0.4, 0.5) is 0 Å². The van der Waals surface area contributed by atoms with Gasteiger partial charge in [-0.05, 0) is 98.2 Å². The summed E-state index contributed by atoms with van der Waals surface area (Å²) in [6.07, 6.45) is 26.4. The summed E-state index contributed by atoms with van der Waals surface area (Å²) in [5.74, 6) is 3.59. The molecule has 0 aromatic heterocycles. The Kier molecular flexibility index (Phi) is 7.74. The summed E-state index contributed by atoms with van der Waals surface area (Å²) in [6, 6.07) is 0. The molecule has 1 heterocycles. The minimum Gasteiger partial charge on any atom is -0.369 e. The van der Waals surface area contributed by atoms with Gasteiger partial charge in [-0.15, -0.1) is 0 Å². The number of hydrogen-bond donors (Lipinski definition) is 0. The maximum absolute atomic E-state index is 5.92. The second-order valence-corrected chi connectivity index (χ2v) is 13.1. The van der Waals surface area contributed by atoms with Gasteiger partial charge in [-0.2, -0.15) is 0 Å². The third kappa shape index (κ3) is 4.93. The molecule has 1 nitrogen and oxygen atoms in total. The maximum Gasteiger partial charge on any atom is 0.0973 e. The van der Waals surface area contributed by atoms with Gasteiger partial charge in [-0.3, -0.25) is 0 Å². The van der Waals surface area contributed by atoms with Gasteiger partial charge in [-0.1, -0.05) is 96.1 Å². The molecule has 1 aliphatic heterocycles. The van der Waals surface area contributed by atoms with Crippen molar-refractivity contribution in [2.75, 3.05) is 6.61 Å². The highest BCUT2D eigenvalue weighted by molar-refractivity contribution is 5.28. The van der Waals surface area contributed by atoms with Crippen LogP contribution in [0.25, 0.3) is 0 Å². The molecule has 4 rings (SSSR count). The van der Waals surface area contributed by atoms with Gasteiger partial charge in [0.1, 0.15) is 0 Å². The lowest BCUT2D eigenvalue weighted by Gasteiger charge is -2.44. The topological polar surface area (TPSA) is 12.5 Å². The predicted octanol–water partition coefficient (Wildman–Crippen LogP) is 9.47. The van der Waals surface area contributed by atoms with E-state index in [0.29, 0.717) is 28.6 Å². The first-order chi connectivity index (χ1) is 16.2. The quantitative estimate of drug-likeness (QED) is 0.270. The van der Waals surface area contributed by atoms with Gasteiger partial charge in [0.15, 0.2) is 0 Å². The van der Waals surface area contributed by atoms with Crippen molar-refractivity contribution in [3.05, 3.63) is 47.6 Å². The van der Waals surface area contributed by atoms with Crippen molar-refractivity contribution in [2.45, 2.75) is 112 Å². The smallest absolute Gasteiger partial charge is 0.0973 e. The van der Waals surface area contributed by atoms with E-state index >= 15 is 0 Å². The number of hydrogen-bond acceptors (Lipinski definition) is 1. The number of allylic oxidation sites excluding steroid dienone is 8. The van der Waals surface area contributed by atoms with E-state index < -0.39 is 0 Å². The van der Waals surface area contributed by atoms with E-state index in [0.717, 1.165) is 18.4 Å². The molecule has 6 atom stereocenters. The van der Waals surface area contributed by atoms with Gasteiger partial charge < -0.3 is 4.74 Å². The van der Waals surface area contributed by atoms with E-state index in [1.165, 1.54) is 57.8 Å². The van der Waals surface area contributed by atoms with Crippen molar-refractivity contribution in [1.82, 2.24) is 0 Å². The Morgan fingerprint density at radius 2 is 1.74 bits per heavy atom. The van der Waals surface area contributed by atoms with Gasteiger partial charge in [0.25, 0.3) is 0 Å². The third-order valence-electron chi connectivity index (χ3n) is 11.1. The second kappa shape index (κ2) is 10.1. The zero-order valence-electron chi connectivity index (χ0n) is 23.3. The van der Waals surface area contributed by atoms with Gasteiger partial charge >= 0.3 is 0 Å². The van der Waals surface area contributed by atoms with E-state index in [-0.39, 0.29) is 5.60 Å². The van der Waals surface area contributed by atoms with Crippen molar-refractivity contribution >= 4 is 0 Å². The standard InChI is InChI=1S/C33H52O/c1-8-31(6,9-2)19-11-10-13-24(3)29-17-18-30-28(14-12-20-32(29,30)7)16-15-27-21-25(4)33(23-34-33)26(5)22-27/h10-11,13,15-16,19,24-26,29-30H,8-9,12,14,17-18,20-23H2,1-7H3/b13-10+,19-11+,27-15?,28-16+/t24-,25-,26-,29?,30?,32?,33?/m1/s1. The Bertz CT molecular complexity index is 817. The van der Waals surface area contributed by atoms with Crippen LogP contribution in [0.3, 0.4) is 0 Å². The van der Waals surface area contributed by atoms with Gasteiger partial charge in [0.2, 0.25) is 0 Å². The Morgan fingerprint density at radius 3 is 2.35 bits per heavy atom. The summed E-state index contributed by atoms with van der Waals surface area (Å²) in [7, 11) is 0. The van der Waals surface area contributed by atoms with Crippen molar-refractivity contribution in [3.8, 4) is 0 Å². The second-order valence-electron chi connectivity index (χ2n) is 13.1.